The van der Waals surface area contributed by atoms with Gasteiger partial charge < -0.3 is 6.26 Å². The SMILES string of the molecule is CC(=O)ON1C(=O)[C@@H](C)N(C)CC1c1ccccc1.[H-].[Li+]. The van der Waals surface area contributed by atoms with Crippen LogP contribution in [0.3, 0.4) is 0 Å². The van der Waals surface area contributed by atoms with Gasteiger partial charge in [-0.05, 0) is 19.5 Å². The number of carbonyl (C=O) groups is 2. The Morgan fingerprint density at radius 2 is 1.95 bits per heavy atom. The maximum Gasteiger partial charge on any atom is 1.00 e. The summed E-state index contributed by atoms with van der Waals surface area (Å²) < 4.78 is 0. The van der Waals surface area contributed by atoms with Crippen LogP contribution < -0.4 is 18.9 Å². The van der Waals surface area contributed by atoms with Crippen LogP contribution in [-0.2, 0) is 14.4 Å². The molecule has 1 aliphatic heterocycles. The molecule has 5 nitrogen and oxygen atoms in total. The third kappa shape index (κ3) is 3.43. The Kier molecular flexibility index (Phi) is 5.82. The van der Waals surface area contributed by atoms with Crippen LogP contribution in [0, 0.1) is 0 Å². The van der Waals surface area contributed by atoms with Crippen molar-refractivity contribution in [2.24, 2.45) is 0 Å². The maximum absolute atomic E-state index is 12.3. The first-order valence-corrected chi connectivity index (χ1v) is 6.27. The van der Waals surface area contributed by atoms with E-state index in [1.54, 1.807) is 6.92 Å². The smallest absolute Gasteiger partial charge is 1.00 e. The minimum Gasteiger partial charge on any atom is -1.00 e. The van der Waals surface area contributed by atoms with Crippen LogP contribution in [0.5, 0.6) is 0 Å². The Labute approximate surface area is 132 Å². The maximum atomic E-state index is 12.3. The van der Waals surface area contributed by atoms with E-state index in [1.807, 2.05) is 42.3 Å². The van der Waals surface area contributed by atoms with E-state index in [0.717, 1.165) is 5.56 Å². The number of piperazine rings is 1. The van der Waals surface area contributed by atoms with Gasteiger partial charge in [0, 0.05) is 13.5 Å². The van der Waals surface area contributed by atoms with E-state index >= 15 is 0 Å². The van der Waals surface area contributed by atoms with Crippen LogP contribution in [0.2, 0.25) is 0 Å². The molecule has 1 unspecified atom stereocenters. The number of rotatable bonds is 2. The summed E-state index contributed by atoms with van der Waals surface area (Å²) in [5, 5.41) is 1.21. The molecule has 1 saturated heterocycles. The van der Waals surface area contributed by atoms with Crippen LogP contribution >= 0.6 is 0 Å². The van der Waals surface area contributed by atoms with E-state index in [0.29, 0.717) is 6.54 Å². The standard InChI is InChI=1S/C14H18N2O3.Li.H/c1-10-14(18)16(19-11(2)17)13(9-15(10)3)12-7-5-4-6-8-12;;/h4-8,10,13H,9H2,1-3H3;;/q;+1;-1/t10-,13?;;/m1../s1. The summed E-state index contributed by atoms with van der Waals surface area (Å²) in [5.41, 5.74) is 0.954. The van der Waals surface area contributed by atoms with Crippen molar-refractivity contribution in [3.63, 3.8) is 0 Å². The molecular weight excluding hydrogens is 251 g/mol. The molecule has 2 rings (SSSR count). The predicted octanol–water partition coefficient (Wildman–Crippen LogP) is -1.52. The molecule has 0 saturated carbocycles. The van der Waals surface area contributed by atoms with Crippen molar-refractivity contribution in [3.05, 3.63) is 35.9 Å². The number of likely N-dealkylation sites (N-methyl/N-ethyl adjacent to an activating group) is 1. The van der Waals surface area contributed by atoms with Gasteiger partial charge >= 0.3 is 24.8 Å². The molecule has 0 radical (unpaired) electrons. The van der Waals surface area contributed by atoms with E-state index < -0.39 is 5.97 Å². The van der Waals surface area contributed by atoms with Crippen molar-refractivity contribution in [2.45, 2.75) is 25.9 Å². The average molecular weight is 270 g/mol. The Bertz CT molecular complexity index is 486. The molecule has 6 heteroatoms. The molecule has 0 aromatic heterocycles. The van der Waals surface area contributed by atoms with Crippen LogP contribution in [0.4, 0.5) is 0 Å². The van der Waals surface area contributed by atoms with Crippen molar-refractivity contribution >= 4 is 11.9 Å². The van der Waals surface area contributed by atoms with Gasteiger partial charge in [0.15, 0.2) is 0 Å². The van der Waals surface area contributed by atoms with Gasteiger partial charge in [0.25, 0.3) is 5.91 Å². The van der Waals surface area contributed by atoms with Crippen molar-refractivity contribution < 1.29 is 34.7 Å². The summed E-state index contributed by atoms with van der Waals surface area (Å²) in [5.74, 6) is -0.677. The third-order valence-corrected chi connectivity index (χ3v) is 3.39. The minimum absolute atomic E-state index is 0. The fraction of sp³-hybridized carbons (Fsp3) is 0.429. The van der Waals surface area contributed by atoms with Gasteiger partial charge in [-0.2, -0.15) is 5.06 Å². The topological polar surface area (TPSA) is 49.9 Å². The molecule has 0 bridgehead atoms. The average Bonchev–Trinajstić information content (AvgIpc) is 2.40. The fourth-order valence-electron chi connectivity index (χ4n) is 2.19. The molecule has 1 amide bonds. The molecule has 1 aromatic carbocycles. The molecule has 1 aliphatic rings. The summed E-state index contributed by atoms with van der Waals surface area (Å²) >= 11 is 0. The summed E-state index contributed by atoms with van der Waals surface area (Å²) in [6.45, 7) is 3.74. The predicted molar refractivity (Wildman–Crippen MR) is 71.0 cm³/mol. The van der Waals surface area contributed by atoms with Gasteiger partial charge in [0.05, 0.1) is 6.04 Å². The molecule has 104 valence electrons. The van der Waals surface area contributed by atoms with E-state index in [1.165, 1.54) is 12.0 Å². The molecule has 2 atom stereocenters. The van der Waals surface area contributed by atoms with E-state index in [4.69, 9.17) is 4.84 Å². The van der Waals surface area contributed by atoms with Crippen molar-refractivity contribution in [1.82, 2.24) is 9.96 Å². The second kappa shape index (κ2) is 6.94. The number of carbonyl (C=O) groups excluding carboxylic acids is 2. The molecule has 0 spiro atoms. The Balaban J connectivity index is 0.00000200. The van der Waals surface area contributed by atoms with E-state index in [9.17, 15) is 9.59 Å². The van der Waals surface area contributed by atoms with Crippen molar-refractivity contribution in [2.75, 3.05) is 13.6 Å². The van der Waals surface area contributed by atoms with Gasteiger partial charge in [0.2, 0.25) is 0 Å². The molecule has 1 aromatic rings. The first kappa shape index (κ1) is 16.8. The zero-order chi connectivity index (χ0) is 14.0. The number of hydroxylamine groups is 2. The summed E-state index contributed by atoms with van der Waals surface area (Å²) in [6, 6.07) is 9.03. The first-order valence-electron chi connectivity index (χ1n) is 6.27. The Hall–Kier alpha value is -1.28. The molecular formula is C14H19LiN2O3. The number of hydrogen-bond donors (Lipinski definition) is 0. The summed E-state index contributed by atoms with van der Waals surface area (Å²) in [6.07, 6.45) is 0. The van der Waals surface area contributed by atoms with Gasteiger partial charge in [0.1, 0.15) is 6.04 Å². The van der Waals surface area contributed by atoms with E-state index in [2.05, 4.69) is 0 Å². The van der Waals surface area contributed by atoms with Gasteiger partial charge in [-0.25, -0.2) is 0 Å². The van der Waals surface area contributed by atoms with Gasteiger partial charge in [-0.1, -0.05) is 30.3 Å². The quantitative estimate of drug-likeness (QED) is 0.613. The monoisotopic (exact) mass is 270 g/mol. The zero-order valence-corrected chi connectivity index (χ0v) is 12.4. The second-order valence-corrected chi connectivity index (χ2v) is 4.79. The van der Waals surface area contributed by atoms with Crippen molar-refractivity contribution in [1.29, 1.82) is 0 Å². The third-order valence-electron chi connectivity index (χ3n) is 3.39. The molecule has 20 heavy (non-hydrogen) atoms. The summed E-state index contributed by atoms with van der Waals surface area (Å²) in [4.78, 5) is 30.5. The Morgan fingerprint density at radius 3 is 2.50 bits per heavy atom. The van der Waals surface area contributed by atoms with Crippen LogP contribution in [-0.4, -0.2) is 41.5 Å². The van der Waals surface area contributed by atoms with E-state index in [-0.39, 0.29) is 38.3 Å². The van der Waals surface area contributed by atoms with Crippen LogP contribution in [0.1, 0.15) is 26.9 Å². The normalized spacial score (nSPS) is 23.1. The Morgan fingerprint density at radius 1 is 1.35 bits per heavy atom. The van der Waals surface area contributed by atoms with Crippen LogP contribution in [0.15, 0.2) is 30.3 Å². The number of benzene rings is 1. The van der Waals surface area contributed by atoms with Crippen molar-refractivity contribution in [3.8, 4) is 0 Å². The molecule has 1 heterocycles. The molecule has 0 aliphatic carbocycles. The van der Waals surface area contributed by atoms with Gasteiger partial charge in [-0.15, -0.1) is 0 Å². The number of amides is 1. The largest absolute Gasteiger partial charge is 1.00 e. The first-order chi connectivity index (χ1) is 9.00. The summed E-state index contributed by atoms with van der Waals surface area (Å²) in [7, 11) is 1.89. The fourth-order valence-corrected chi connectivity index (χ4v) is 2.19. The van der Waals surface area contributed by atoms with Crippen LogP contribution in [0.25, 0.3) is 0 Å². The number of hydrogen-bond acceptors (Lipinski definition) is 4. The second-order valence-electron chi connectivity index (χ2n) is 4.79. The molecule has 0 N–H and O–H groups in total. The van der Waals surface area contributed by atoms with Gasteiger partial charge in [-0.3, -0.25) is 14.5 Å². The number of nitrogens with zero attached hydrogens (tertiary/aromatic N) is 2. The minimum atomic E-state index is -0.481. The zero-order valence-electron chi connectivity index (χ0n) is 13.4. The molecule has 1 fully saturated rings.